The third kappa shape index (κ3) is 11.0. The number of ether oxygens (including phenoxy) is 1. The van der Waals surface area contributed by atoms with Crippen LogP contribution in [0, 0.1) is 0 Å². The molecule has 0 rings (SSSR count). The lowest BCUT2D eigenvalue weighted by Crippen LogP contribution is -1.96. The van der Waals surface area contributed by atoms with Crippen molar-refractivity contribution in [2.24, 2.45) is 0 Å². The van der Waals surface area contributed by atoms with E-state index in [1.807, 2.05) is 12.2 Å². The van der Waals surface area contributed by atoms with Crippen LogP contribution in [0.3, 0.4) is 0 Å². The van der Waals surface area contributed by atoms with Crippen LogP contribution in [0.2, 0.25) is 0 Å². The zero-order valence-corrected chi connectivity index (χ0v) is 10.6. The molecule has 0 saturated carbocycles. The zero-order valence-electron chi connectivity index (χ0n) is 10.6. The Hall–Kier alpha value is -1.05. The summed E-state index contributed by atoms with van der Waals surface area (Å²) in [6.45, 7) is 2.22. The number of hydrogen-bond acceptors (Lipinski definition) is 2. The van der Waals surface area contributed by atoms with Crippen molar-refractivity contribution >= 4 is 5.97 Å². The highest BCUT2D eigenvalue weighted by Crippen LogP contribution is 2.01. The topological polar surface area (TPSA) is 26.3 Å². The molecule has 0 saturated heterocycles. The van der Waals surface area contributed by atoms with Crippen molar-refractivity contribution in [2.75, 3.05) is 7.11 Å². The molecule has 0 aromatic carbocycles. The number of carbonyl (C=O) groups excluding carboxylic acids is 1. The molecule has 0 bridgehead atoms. The van der Waals surface area contributed by atoms with E-state index in [1.165, 1.54) is 32.8 Å². The number of carbonyl (C=O) groups is 1. The van der Waals surface area contributed by atoms with E-state index in [4.69, 9.17) is 0 Å². The molecule has 0 radical (unpaired) electrons. The molecule has 2 nitrogen and oxygen atoms in total. The largest absolute Gasteiger partial charge is 0.469 e. The fourth-order valence-corrected chi connectivity index (χ4v) is 1.32. The van der Waals surface area contributed by atoms with Crippen molar-refractivity contribution in [3.63, 3.8) is 0 Å². The minimum Gasteiger partial charge on any atom is -0.469 e. The summed E-state index contributed by atoms with van der Waals surface area (Å²) < 4.78 is 4.53. The Morgan fingerprint density at radius 3 is 2.25 bits per heavy atom. The molecule has 16 heavy (non-hydrogen) atoms. The Morgan fingerprint density at radius 1 is 1.00 bits per heavy atom. The number of unbranched alkanes of at least 4 members (excludes halogenated alkanes) is 4. The predicted octanol–water partition coefficient (Wildman–Crippen LogP) is 4.02. The predicted molar refractivity (Wildman–Crippen MR) is 68.3 cm³/mol. The SMILES string of the molecule is CCCCCC=CCCC=CCC(=O)OC. The molecule has 0 aromatic rings. The normalized spacial score (nSPS) is 11.4. The van der Waals surface area contributed by atoms with Gasteiger partial charge in [-0.3, -0.25) is 4.79 Å². The van der Waals surface area contributed by atoms with E-state index in [9.17, 15) is 4.79 Å². The van der Waals surface area contributed by atoms with Crippen molar-refractivity contribution in [3.8, 4) is 0 Å². The molecular formula is C14H24O2. The summed E-state index contributed by atoms with van der Waals surface area (Å²) in [4.78, 5) is 10.8. The van der Waals surface area contributed by atoms with Gasteiger partial charge >= 0.3 is 5.97 Å². The molecule has 0 unspecified atom stereocenters. The second-order valence-electron chi connectivity index (χ2n) is 3.80. The van der Waals surface area contributed by atoms with Crippen molar-refractivity contribution in [1.29, 1.82) is 0 Å². The average molecular weight is 224 g/mol. The van der Waals surface area contributed by atoms with Crippen LogP contribution in [0.1, 0.15) is 51.9 Å². The lowest BCUT2D eigenvalue weighted by molar-refractivity contribution is -0.139. The molecule has 0 aliphatic rings. The maximum absolute atomic E-state index is 10.8. The molecule has 0 heterocycles. The van der Waals surface area contributed by atoms with Gasteiger partial charge in [0, 0.05) is 0 Å². The van der Waals surface area contributed by atoms with Crippen molar-refractivity contribution in [3.05, 3.63) is 24.3 Å². The molecule has 0 spiro atoms. The Morgan fingerprint density at radius 2 is 1.62 bits per heavy atom. The lowest BCUT2D eigenvalue weighted by Gasteiger charge is -1.92. The fourth-order valence-electron chi connectivity index (χ4n) is 1.32. The zero-order chi connectivity index (χ0) is 12.1. The third-order valence-electron chi connectivity index (χ3n) is 2.32. The van der Waals surface area contributed by atoms with Crippen LogP contribution >= 0.6 is 0 Å². The monoisotopic (exact) mass is 224 g/mol. The van der Waals surface area contributed by atoms with Gasteiger partial charge < -0.3 is 4.74 Å². The van der Waals surface area contributed by atoms with Gasteiger partial charge in [0.2, 0.25) is 0 Å². The smallest absolute Gasteiger partial charge is 0.309 e. The number of rotatable bonds is 9. The second kappa shape index (κ2) is 12.0. The first kappa shape index (κ1) is 14.9. The fraction of sp³-hybridized carbons (Fsp3) is 0.643. The quantitative estimate of drug-likeness (QED) is 0.336. The summed E-state index contributed by atoms with van der Waals surface area (Å²) >= 11 is 0. The summed E-state index contributed by atoms with van der Waals surface area (Å²) in [5.41, 5.74) is 0. The number of esters is 1. The minimum atomic E-state index is -0.175. The van der Waals surface area contributed by atoms with Crippen LogP contribution in [0.4, 0.5) is 0 Å². The summed E-state index contributed by atoms with van der Waals surface area (Å²) in [5.74, 6) is -0.175. The second-order valence-corrected chi connectivity index (χ2v) is 3.80. The molecular weight excluding hydrogens is 200 g/mol. The summed E-state index contributed by atoms with van der Waals surface area (Å²) in [6.07, 6.45) is 15.9. The van der Waals surface area contributed by atoms with Crippen LogP contribution in [0.5, 0.6) is 0 Å². The van der Waals surface area contributed by atoms with Crippen LogP contribution in [-0.4, -0.2) is 13.1 Å². The van der Waals surface area contributed by atoms with E-state index >= 15 is 0 Å². The Labute approximate surface area is 99.4 Å². The van der Waals surface area contributed by atoms with Gasteiger partial charge in [0.1, 0.15) is 0 Å². The maximum Gasteiger partial charge on any atom is 0.309 e. The molecule has 92 valence electrons. The van der Waals surface area contributed by atoms with Crippen molar-refractivity contribution in [2.45, 2.75) is 51.9 Å². The Balaban J connectivity index is 3.28. The minimum absolute atomic E-state index is 0.175. The molecule has 0 atom stereocenters. The van der Waals surface area contributed by atoms with Crippen LogP contribution in [-0.2, 0) is 9.53 Å². The van der Waals surface area contributed by atoms with Crippen LogP contribution in [0.15, 0.2) is 24.3 Å². The number of methoxy groups -OCH3 is 1. The van der Waals surface area contributed by atoms with E-state index in [2.05, 4.69) is 23.8 Å². The lowest BCUT2D eigenvalue weighted by atomic mass is 10.2. The first-order valence-corrected chi connectivity index (χ1v) is 6.18. The molecule has 2 heteroatoms. The highest BCUT2D eigenvalue weighted by atomic mass is 16.5. The standard InChI is InChI=1S/C14H24O2/c1-3-4-5-6-7-8-9-10-11-12-13-14(15)16-2/h7-8,11-12H,3-6,9-10,13H2,1-2H3. The van der Waals surface area contributed by atoms with E-state index in [0.29, 0.717) is 6.42 Å². The van der Waals surface area contributed by atoms with Crippen molar-refractivity contribution in [1.82, 2.24) is 0 Å². The van der Waals surface area contributed by atoms with Gasteiger partial charge in [-0.1, -0.05) is 44.1 Å². The average Bonchev–Trinajstić information content (AvgIpc) is 2.31. The molecule has 0 amide bonds. The summed E-state index contributed by atoms with van der Waals surface area (Å²) in [5, 5.41) is 0. The van der Waals surface area contributed by atoms with Crippen molar-refractivity contribution < 1.29 is 9.53 Å². The summed E-state index contributed by atoms with van der Waals surface area (Å²) in [7, 11) is 1.41. The maximum atomic E-state index is 10.8. The third-order valence-corrected chi connectivity index (χ3v) is 2.32. The molecule has 0 fully saturated rings. The number of hydrogen-bond donors (Lipinski definition) is 0. The first-order valence-electron chi connectivity index (χ1n) is 6.18. The molecule has 0 aliphatic heterocycles. The van der Waals surface area contributed by atoms with Gasteiger partial charge in [0.25, 0.3) is 0 Å². The van der Waals surface area contributed by atoms with E-state index in [1.54, 1.807) is 0 Å². The molecule has 0 aromatic heterocycles. The molecule has 0 aliphatic carbocycles. The van der Waals surface area contributed by atoms with Gasteiger partial charge in [0.05, 0.1) is 13.5 Å². The highest BCUT2D eigenvalue weighted by molar-refractivity contribution is 5.70. The van der Waals surface area contributed by atoms with Gasteiger partial charge in [-0.15, -0.1) is 0 Å². The van der Waals surface area contributed by atoms with Crippen LogP contribution in [0.25, 0.3) is 0 Å². The van der Waals surface area contributed by atoms with Crippen LogP contribution < -0.4 is 0 Å². The summed E-state index contributed by atoms with van der Waals surface area (Å²) in [6, 6.07) is 0. The first-order chi connectivity index (χ1) is 7.81. The Kier molecular flexibility index (Phi) is 11.2. The van der Waals surface area contributed by atoms with Gasteiger partial charge in [-0.25, -0.2) is 0 Å². The van der Waals surface area contributed by atoms with Gasteiger partial charge in [0.15, 0.2) is 0 Å². The Bertz CT molecular complexity index is 217. The van der Waals surface area contributed by atoms with Gasteiger partial charge in [-0.2, -0.15) is 0 Å². The van der Waals surface area contributed by atoms with E-state index in [-0.39, 0.29) is 5.97 Å². The molecule has 0 N–H and O–H groups in total. The highest BCUT2D eigenvalue weighted by Gasteiger charge is 1.92. The van der Waals surface area contributed by atoms with E-state index in [0.717, 1.165) is 12.8 Å². The van der Waals surface area contributed by atoms with E-state index < -0.39 is 0 Å². The number of allylic oxidation sites excluding steroid dienone is 3. The van der Waals surface area contributed by atoms with Gasteiger partial charge in [-0.05, 0) is 25.7 Å².